The molecule has 1 fully saturated rings. The average molecular weight is 402 g/mol. The Balaban J connectivity index is 1.53. The van der Waals surface area contributed by atoms with Gasteiger partial charge in [-0.25, -0.2) is 4.98 Å². The molecule has 5 nitrogen and oxygen atoms in total. The Kier molecular flexibility index (Phi) is 6.53. The van der Waals surface area contributed by atoms with Crippen LogP contribution in [0.5, 0.6) is 0 Å². The van der Waals surface area contributed by atoms with Gasteiger partial charge in [-0.3, -0.25) is 9.69 Å². The van der Waals surface area contributed by atoms with Crippen molar-refractivity contribution in [3.05, 3.63) is 40.9 Å². The molecular weight excluding hydrogens is 370 g/mol. The van der Waals surface area contributed by atoms with Crippen LogP contribution in [0.2, 0.25) is 0 Å². The first kappa shape index (κ1) is 21.0. The number of aryl methyl sites for hydroxylation is 1. The predicted octanol–water partition coefficient (Wildman–Crippen LogP) is 3.67. The van der Waals surface area contributed by atoms with Crippen molar-refractivity contribution in [3.63, 3.8) is 0 Å². The maximum atomic E-state index is 12.5. The molecular formula is C22H31N3O2S. The smallest absolute Gasteiger partial charge is 0.226 e. The van der Waals surface area contributed by atoms with Gasteiger partial charge >= 0.3 is 0 Å². The fourth-order valence-corrected chi connectivity index (χ4v) is 4.37. The molecule has 1 N–H and O–H groups in total. The lowest BCUT2D eigenvalue weighted by atomic mass is 10.00. The highest BCUT2D eigenvalue weighted by atomic mass is 32.1. The van der Waals surface area contributed by atoms with E-state index in [9.17, 15) is 4.79 Å². The van der Waals surface area contributed by atoms with Crippen molar-refractivity contribution in [1.29, 1.82) is 0 Å². The first-order valence-corrected chi connectivity index (χ1v) is 10.8. The van der Waals surface area contributed by atoms with E-state index in [0.717, 1.165) is 29.4 Å². The van der Waals surface area contributed by atoms with Crippen molar-refractivity contribution in [2.75, 3.05) is 19.6 Å². The van der Waals surface area contributed by atoms with Crippen LogP contribution in [0.25, 0.3) is 10.6 Å². The molecule has 1 aliphatic heterocycles. The van der Waals surface area contributed by atoms with Crippen LogP contribution in [-0.2, 0) is 16.0 Å². The molecule has 28 heavy (non-hydrogen) atoms. The molecule has 0 radical (unpaired) electrons. The van der Waals surface area contributed by atoms with Gasteiger partial charge in [-0.15, -0.1) is 11.3 Å². The third-order valence-corrected chi connectivity index (χ3v) is 6.13. The summed E-state index contributed by atoms with van der Waals surface area (Å²) in [4.78, 5) is 19.5. The highest BCUT2D eigenvalue weighted by Crippen LogP contribution is 2.24. The molecule has 152 valence electrons. The quantitative estimate of drug-likeness (QED) is 0.803. The van der Waals surface area contributed by atoms with Crippen molar-refractivity contribution in [3.8, 4) is 10.6 Å². The number of amides is 1. The number of aromatic nitrogens is 1. The summed E-state index contributed by atoms with van der Waals surface area (Å²) in [6.07, 6.45) is 0.747. The summed E-state index contributed by atoms with van der Waals surface area (Å²) >= 11 is 1.58. The Morgan fingerprint density at radius 2 is 1.89 bits per heavy atom. The number of thiazole rings is 1. The summed E-state index contributed by atoms with van der Waals surface area (Å²) in [5.74, 6) is 0.0168. The second-order valence-electron chi connectivity index (χ2n) is 8.44. The lowest BCUT2D eigenvalue weighted by molar-refractivity contribution is -0.122. The first-order chi connectivity index (χ1) is 13.2. The zero-order valence-corrected chi connectivity index (χ0v) is 18.3. The Morgan fingerprint density at radius 1 is 1.25 bits per heavy atom. The minimum atomic E-state index is -0.114. The van der Waals surface area contributed by atoms with Crippen LogP contribution in [0.15, 0.2) is 29.6 Å². The number of carbonyl (C=O) groups is 1. The van der Waals surface area contributed by atoms with Crippen molar-refractivity contribution < 1.29 is 9.53 Å². The Morgan fingerprint density at radius 3 is 2.54 bits per heavy atom. The van der Waals surface area contributed by atoms with E-state index in [4.69, 9.17) is 4.74 Å². The molecule has 6 heteroatoms. The van der Waals surface area contributed by atoms with Crippen LogP contribution in [0.4, 0.5) is 0 Å². The molecule has 1 aromatic heterocycles. The van der Waals surface area contributed by atoms with Crippen molar-refractivity contribution in [2.24, 2.45) is 0 Å². The molecule has 0 unspecified atom stereocenters. The topological polar surface area (TPSA) is 54.5 Å². The standard InChI is InChI=1S/C22H31N3O2S/c1-15-6-8-18(9-7-15)21-24-19(13-28-21)10-20(26)23-14-22(4,5)25-11-16(2)27-17(3)12-25/h6-9,13,16-17H,10-12,14H2,1-5H3,(H,23,26)/t16-,17-/m0/s1. The number of nitrogens with zero attached hydrogens (tertiary/aromatic N) is 2. The van der Waals surface area contributed by atoms with Crippen molar-refractivity contribution >= 4 is 17.2 Å². The number of carbonyl (C=O) groups excluding carboxylic acids is 1. The Labute approximate surface area is 172 Å². The van der Waals surface area contributed by atoms with E-state index in [1.165, 1.54) is 5.56 Å². The van der Waals surface area contributed by atoms with Crippen LogP contribution in [0, 0.1) is 6.92 Å². The number of morpholine rings is 1. The fraction of sp³-hybridized carbons (Fsp3) is 0.545. The van der Waals surface area contributed by atoms with Gasteiger partial charge in [-0.1, -0.05) is 29.8 Å². The van der Waals surface area contributed by atoms with Gasteiger partial charge in [0.15, 0.2) is 0 Å². The van der Waals surface area contributed by atoms with E-state index >= 15 is 0 Å². The molecule has 1 aliphatic rings. The molecule has 0 spiro atoms. The zero-order chi connectivity index (χ0) is 20.3. The molecule has 2 aromatic rings. The summed E-state index contributed by atoms with van der Waals surface area (Å²) in [5.41, 5.74) is 3.03. The molecule has 2 heterocycles. The van der Waals surface area contributed by atoms with Gasteiger partial charge in [0.25, 0.3) is 0 Å². The van der Waals surface area contributed by atoms with E-state index in [-0.39, 0.29) is 23.7 Å². The average Bonchev–Trinajstić information content (AvgIpc) is 3.08. The summed E-state index contributed by atoms with van der Waals surface area (Å²) in [5, 5.41) is 6.03. The zero-order valence-electron chi connectivity index (χ0n) is 17.5. The lowest BCUT2D eigenvalue weighted by Crippen LogP contribution is -2.58. The fourth-order valence-electron chi connectivity index (χ4n) is 3.54. The van der Waals surface area contributed by atoms with E-state index < -0.39 is 0 Å². The van der Waals surface area contributed by atoms with E-state index in [1.807, 2.05) is 5.38 Å². The Bertz CT molecular complexity index is 790. The molecule has 0 aliphatic carbocycles. The van der Waals surface area contributed by atoms with Gasteiger partial charge in [0, 0.05) is 36.1 Å². The van der Waals surface area contributed by atoms with E-state index in [2.05, 4.69) is 74.1 Å². The maximum absolute atomic E-state index is 12.5. The van der Waals surface area contributed by atoms with E-state index in [1.54, 1.807) is 11.3 Å². The molecule has 2 atom stereocenters. The third-order valence-electron chi connectivity index (χ3n) is 5.19. The molecule has 0 saturated carbocycles. The lowest BCUT2D eigenvalue weighted by Gasteiger charge is -2.45. The van der Waals surface area contributed by atoms with Gasteiger partial charge in [-0.2, -0.15) is 0 Å². The second-order valence-corrected chi connectivity index (χ2v) is 9.30. The highest BCUT2D eigenvalue weighted by Gasteiger charge is 2.33. The number of hydrogen-bond donors (Lipinski definition) is 1. The number of hydrogen-bond acceptors (Lipinski definition) is 5. The molecule has 0 bridgehead atoms. The summed E-state index contributed by atoms with van der Waals surface area (Å²) in [7, 11) is 0. The molecule has 1 amide bonds. The van der Waals surface area contributed by atoms with Gasteiger partial charge in [0.1, 0.15) is 5.01 Å². The number of rotatable bonds is 6. The monoisotopic (exact) mass is 401 g/mol. The highest BCUT2D eigenvalue weighted by molar-refractivity contribution is 7.13. The van der Waals surface area contributed by atoms with Crippen molar-refractivity contribution in [2.45, 2.75) is 58.8 Å². The molecule has 1 aromatic carbocycles. The summed E-state index contributed by atoms with van der Waals surface area (Å²) in [6.45, 7) is 13.0. The van der Waals surface area contributed by atoms with Crippen LogP contribution in [0.1, 0.15) is 39.0 Å². The number of nitrogens with one attached hydrogen (secondary N) is 1. The molecule has 1 saturated heterocycles. The third kappa shape index (κ3) is 5.40. The summed E-state index contributed by atoms with van der Waals surface area (Å²) < 4.78 is 5.83. The van der Waals surface area contributed by atoms with Crippen LogP contribution < -0.4 is 5.32 Å². The van der Waals surface area contributed by atoms with Gasteiger partial charge < -0.3 is 10.1 Å². The number of benzene rings is 1. The first-order valence-electron chi connectivity index (χ1n) is 9.91. The predicted molar refractivity (Wildman–Crippen MR) is 115 cm³/mol. The molecule has 3 rings (SSSR count). The van der Waals surface area contributed by atoms with Gasteiger partial charge in [-0.05, 0) is 34.6 Å². The Hall–Kier alpha value is -1.76. The maximum Gasteiger partial charge on any atom is 0.226 e. The van der Waals surface area contributed by atoms with Crippen molar-refractivity contribution in [1.82, 2.24) is 15.2 Å². The summed E-state index contributed by atoms with van der Waals surface area (Å²) in [6, 6.07) is 8.31. The van der Waals surface area contributed by atoms with Crippen LogP contribution in [0.3, 0.4) is 0 Å². The minimum Gasteiger partial charge on any atom is -0.373 e. The second kappa shape index (κ2) is 8.72. The van der Waals surface area contributed by atoms with Crippen LogP contribution in [-0.4, -0.2) is 53.2 Å². The van der Waals surface area contributed by atoms with Crippen LogP contribution >= 0.6 is 11.3 Å². The largest absolute Gasteiger partial charge is 0.373 e. The van der Waals surface area contributed by atoms with Gasteiger partial charge in [0.05, 0.1) is 24.3 Å². The van der Waals surface area contributed by atoms with Gasteiger partial charge in [0.2, 0.25) is 5.91 Å². The minimum absolute atomic E-state index is 0.0168. The van der Waals surface area contributed by atoms with E-state index in [0.29, 0.717) is 13.0 Å². The number of ether oxygens (including phenoxy) is 1. The SMILES string of the molecule is Cc1ccc(-c2nc(CC(=O)NCC(C)(C)N3C[C@H](C)O[C@@H](C)C3)cs2)cc1. The normalized spacial score (nSPS) is 20.9.